The van der Waals surface area contributed by atoms with Crippen molar-refractivity contribution in [2.75, 3.05) is 0 Å². The van der Waals surface area contributed by atoms with Crippen molar-refractivity contribution in [2.45, 2.75) is 39.5 Å². The van der Waals surface area contributed by atoms with Crippen molar-refractivity contribution in [2.24, 2.45) is 0 Å². The second-order valence-corrected chi connectivity index (χ2v) is 8.95. The van der Waals surface area contributed by atoms with E-state index in [-0.39, 0.29) is 11.5 Å². The van der Waals surface area contributed by atoms with Gasteiger partial charge < -0.3 is 9.05 Å². The fourth-order valence-corrected chi connectivity index (χ4v) is 3.97. The highest BCUT2D eigenvalue weighted by Gasteiger charge is 2.25. The maximum atomic E-state index is 12.4. The molecule has 0 heterocycles. The summed E-state index contributed by atoms with van der Waals surface area (Å²) in [7, 11) is -4.30. The minimum atomic E-state index is -4.30. The van der Waals surface area contributed by atoms with E-state index < -0.39 is 7.82 Å². The number of hydrogen-bond acceptors (Lipinski definition) is 3. The van der Waals surface area contributed by atoms with Gasteiger partial charge in [0.05, 0.1) is 0 Å². The third kappa shape index (κ3) is 5.50. The normalized spacial score (nSPS) is 13.3. The van der Waals surface area contributed by atoms with Gasteiger partial charge in [0.2, 0.25) is 0 Å². The molecular weight excluding hydrogens is 383 g/mol. The lowest BCUT2D eigenvalue weighted by molar-refractivity contribution is 0.291. The number of hydrogen-bond donors (Lipinski definition) is 1. The molecule has 1 atom stereocenters. The summed E-state index contributed by atoms with van der Waals surface area (Å²) in [5, 5.41) is 0. The molecule has 1 N–H and O–H groups in total. The first-order valence-corrected chi connectivity index (χ1v) is 11.3. The van der Waals surface area contributed by atoms with Crippen LogP contribution in [0.15, 0.2) is 72.8 Å². The Bertz CT molecular complexity index is 1010. The fraction of sp³-hybridized carbons (Fsp3) is 0.250. The molecule has 1 unspecified atom stereocenters. The maximum Gasteiger partial charge on any atom is 0.584 e. The molecule has 0 aliphatic heterocycles. The van der Waals surface area contributed by atoms with E-state index in [0.29, 0.717) is 11.8 Å². The molecule has 0 radical (unpaired) electrons. The predicted molar refractivity (Wildman–Crippen MR) is 118 cm³/mol. The van der Waals surface area contributed by atoms with Crippen LogP contribution in [0.1, 0.15) is 50.7 Å². The molecule has 3 aromatic carbocycles. The van der Waals surface area contributed by atoms with Gasteiger partial charge in [-0.25, -0.2) is 4.57 Å². The minimum Gasteiger partial charge on any atom is -0.395 e. The zero-order chi connectivity index (χ0) is 21.0. The van der Waals surface area contributed by atoms with E-state index in [1.54, 1.807) is 42.5 Å². The third-order valence-corrected chi connectivity index (χ3v) is 5.58. The predicted octanol–water partition coefficient (Wildman–Crippen LogP) is 7.16. The fourth-order valence-electron chi connectivity index (χ4n) is 3.17. The summed E-state index contributed by atoms with van der Waals surface area (Å²) in [5.74, 6) is 1.36. The van der Waals surface area contributed by atoms with Crippen LogP contribution in [0.25, 0.3) is 11.1 Å². The summed E-state index contributed by atoms with van der Waals surface area (Å²) in [6, 6.07) is 22.2. The van der Waals surface area contributed by atoms with Crippen molar-refractivity contribution >= 4 is 7.82 Å². The number of rotatable bonds is 7. The van der Waals surface area contributed by atoms with E-state index in [2.05, 4.69) is 45.9 Å². The first-order chi connectivity index (χ1) is 13.7. The Morgan fingerprint density at radius 2 is 1.41 bits per heavy atom. The Labute approximate surface area is 172 Å². The lowest BCUT2D eigenvalue weighted by atomic mass is 9.88. The van der Waals surface area contributed by atoms with Crippen molar-refractivity contribution in [1.82, 2.24) is 0 Å². The highest BCUT2D eigenvalue weighted by Crippen LogP contribution is 2.45. The summed E-state index contributed by atoms with van der Waals surface area (Å²) in [4.78, 5) is 10.1. The summed E-state index contributed by atoms with van der Waals surface area (Å²) >= 11 is 0. The Hall–Kier alpha value is -2.55. The lowest BCUT2D eigenvalue weighted by Crippen LogP contribution is -2.00. The molecule has 0 aromatic heterocycles. The van der Waals surface area contributed by atoms with Crippen molar-refractivity contribution in [3.63, 3.8) is 0 Å². The van der Waals surface area contributed by atoms with Gasteiger partial charge in [0.25, 0.3) is 0 Å². The van der Waals surface area contributed by atoms with E-state index in [1.165, 1.54) is 11.1 Å². The lowest BCUT2D eigenvalue weighted by Gasteiger charge is -2.18. The van der Waals surface area contributed by atoms with E-state index >= 15 is 0 Å². The highest BCUT2D eigenvalue weighted by molar-refractivity contribution is 7.48. The summed E-state index contributed by atoms with van der Waals surface area (Å²) in [5.41, 5.74) is 4.55. The first kappa shape index (κ1) is 21.2. The van der Waals surface area contributed by atoms with Gasteiger partial charge >= 0.3 is 7.82 Å². The van der Waals surface area contributed by atoms with Crippen LogP contribution in [-0.2, 0) is 4.57 Å². The highest BCUT2D eigenvalue weighted by atomic mass is 31.2. The van der Waals surface area contributed by atoms with Gasteiger partial charge in [-0.05, 0) is 58.4 Å². The van der Waals surface area contributed by atoms with Crippen molar-refractivity contribution < 1.29 is 18.5 Å². The first-order valence-electron chi connectivity index (χ1n) is 9.76. The molecule has 0 spiro atoms. The molecule has 5 heteroatoms. The Balaban J connectivity index is 1.89. The molecule has 29 heavy (non-hydrogen) atoms. The number of phosphoric ester groups is 1. The van der Waals surface area contributed by atoms with Crippen LogP contribution in [0, 0.1) is 0 Å². The van der Waals surface area contributed by atoms with Gasteiger partial charge in [0.15, 0.2) is 0 Å². The van der Waals surface area contributed by atoms with E-state index in [4.69, 9.17) is 9.05 Å². The molecular formula is C24H27O4P. The molecule has 0 amide bonds. The molecule has 0 saturated heterocycles. The quantitative estimate of drug-likeness (QED) is 0.420. The zero-order valence-electron chi connectivity index (χ0n) is 17.2. The third-order valence-electron chi connectivity index (χ3n) is 4.69. The van der Waals surface area contributed by atoms with Crippen LogP contribution in [0.5, 0.6) is 11.5 Å². The van der Waals surface area contributed by atoms with Crippen molar-refractivity contribution in [1.29, 1.82) is 0 Å². The van der Waals surface area contributed by atoms with E-state index in [0.717, 1.165) is 11.1 Å². The molecule has 0 bridgehead atoms. The Morgan fingerprint density at radius 3 is 2.07 bits per heavy atom. The maximum absolute atomic E-state index is 12.4. The summed E-state index contributed by atoms with van der Waals surface area (Å²) in [6.45, 7) is 8.69. The van der Waals surface area contributed by atoms with Gasteiger partial charge in [-0.1, -0.05) is 76.2 Å². The van der Waals surface area contributed by atoms with Crippen LogP contribution in [-0.4, -0.2) is 4.89 Å². The second kappa shape index (κ2) is 8.86. The smallest absolute Gasteiger partial charge is 0.395 e. The van der Waals surface area contributed by atoms with Crippen LogP contribution in [0.4, 0.5) is 0 Å². The van der Waals surface area contributed by atoms with E-state index in [1.807, 2.05) is 12.1 Å². The van der Waals surface area contributed by atoms with Gasteiger partial charge in [0.1, 0.15) is 11.5 Å². The van der Waals surface area contributed by atoms with Crippen molar-refractivity contribution in [3.8, 4) is 22.6 Å². The van der Waals surface area contributed by atoms with Crippen molar-refractivity contribution in [3.05, 3.63) is 83.9 Å². The second-order valence-electron chi connectivity index (χ2n) is 7.65. The Kier molecular flexibility index (Phi) is 6.46. The van der Waals surface area contributed by atoms with Gasteiger partial charge in [-0.3, -0.25) is 4.89 Å². The van der Waals surface area contributed by atoms with Crippen LogP contribution < -0.4 is 9.05 Å². The average Bonchev–Trinajstić information content (AvgIpc) is 2.67. The zero-order valence-corrected chi connectivity index (χ0v) is 18.1. The molecule has 3 rings (SSSR count). The number of phosphoric acid groups is 1. The molecule has 4 nitrogen and oxygen atoms in total. The van der Waals surface area contributed by atoms with Crippen LogP contribution in [0.2, 0.25) is 0 Å². The van der Waals surface area contributed by atoms with E-state index in [9.17, 15) is 9.46 Å². The SMILES string of the molecule is CC(C)c1ccc(-c2cccc(OP(=O)(O)Oc3ccccc3)c2)c(C(C)C)c1. The average molecular weight is 410 g/mol. The molecule has 3 aromatic rings. The van der Waals surface area contributed by atoms with Gasteiger partial charge in [-0.15, -0.1) is 0 Å². The van der Waals surface area contributed by atoms with Crippen LogP contribution >= 0.6 is 7.82 Å². The monoisotopic (exact) mass is 410 g/mol. The largest absolute Gasteiger partial charge is 0.584 e. The Morgan fingerprint density at radius 1 is 0.759 bits per heavy atom. The van der Waals surface area contributed by atoms with Gasteiger partial charge in [0, 0.05) is 0 Å². The topological polar surface area (TPSA) is 55.8 Å². The molecule has 152 valence electrons. The molecule has 0 aliphatic carbocycles. The standard InChI is InChI=1S/C24H27O4P/c1-17(2)19-13-14-23(24(16-19)18(3)4)20-9-8-12-22(15-20)28-29(25,26)27-21-10-6-5-7-11-21/h5-18H,1-4H3,(H,25,26). The van der Waals surface area contributed by atoms with Crippen LogP contribution in [0.3, 0.4) is 0 Å². The molecule has 0 saturated carbocycles. The number of benzene rings is 3. The van der Waals surface area contributed by atoms with Gasteiger partial charge in [-0.2, -0.15) is 0 Å². The minimum absolute atomic E-state index is 0.279. The molecule has 0 aliphatic rings. The summed E-state index contributed by atoms with van der Waals surface area (Å²) in [6.07, 6.45) is 0. The summed E-state index contributed by atoms with van der Waals surface area (Å²) < 4.78 is 22.9. The molecule has 0 fully saturated rings. The number of para-hydroxylation sites is 1.